The number of hydrogen-bond acceptors (Lipinski definition) is 4. The Kier molecular flexibility index (Phi) is 13.2. The number of amides is 3. The maximum Gasteiger partial charge on any atom is 0.286 e. The second-order valence-electron chi connectivity index (χ2n) is 9.70. The monoisotopic (exact) mass is 507 g/mol. The van der Waals surface area contributed by atoms with Crippen molar-refractivity contribution in [3.05, 3.63) is 65.1 Å². The van der Waals surface area contributed by atoms with E-state index in [1.807, 2.05) is 47.4 Å². The molecule has 0 bridgehead atoms. The molecule has 1 fully saturated rings. The molecular weight excluding hydrogens is 466 g/mol. The van der Waals surface area contributed by atoms with Gasteiger partial charge in [0.05, 0.1) is 5.92 Å². The minimum atomic E-state index is -0.595. The maximum absolute atomic E-state index is 12.5. The SMILES string of the molecule is CCCCC(CCC)C(=O)N1CCCC(C(N)=O)C1.O=NC(=O)CCc1ccc(-c2ccccc2)cc1. The molecule has 2 aromatic carbocycles. The van der Waals surface area contributed by atoms with E-state index in [4.69, 9.17) is 5.73 Å². The van der Waals surface area contributed by atoms with Crippen LogP contribution in [0.4, 0.5) is 0 Å². The topological polar surface area (TPSA) is 110 Å². The minimum Gasteiger partial charge on any atom is -0.369 e. The summed E-state index contributed by atoms with van der Waals surface area (Å²) in [5.74, 6) is -0.635. The van der Waals surface area contributed by atoms with Crippen LogP contribution in [0.5, 0.6) is 0 Å². The summed E-state index contributed by atoms with van der Waals surface area (Å²) in [6.45, 7) is 5.58. The van der Waals surface area contributed by atoms with Gasteiger partial charge in [0.25, 0.3) is 5.91 Å². The number of rotatable bonds is 11. The summed E-state index contributed by atoms with van der Waals surface area (Å²) >= 11 is 0. The van der Waals surface area contributed by atoms with Crippen LogP contribution in [0.2, 0.25) is 0 Å². The highest BCUT2D eigenvalue weighted by Crippen LogP contribution is 2.23. The van der Waals surface area contributed by atoms with Crippen LogP contribution in [0.15, 0.2) is 59.8 Å². The van der Waals surface area contributed by atoms with E-state index in [2.05, 4.69) is 31.2 Å². The fourth-order valence-electron chi connectivity index (χ4n) is 4.65. The Hall–Kier alpha value is -3.35. The molecule has 1 aliphatic rings. The normalized spacial score (nSPS) is 15.7. The summed E-state index contributed by atoms with van der Waals surface area (Å²) in [6, 6.07) is 18.1. The lowest BCUT2D eigenvalue weighted by Gasteiger charge is -2.33. The molecule has 1 saturated heterocycles. The molecule has 3 amide bonds. The van der Waals surface area contributed by atoms with Gasteiger partial charge in [-0.25, -0.2) is 0 Å². The number of nitrogens with two attached hydrogens (primary N) is 1. The number of aryl methyl sites for hydroxylation is 1. The summed E-state index contributed by atoms with van der Waals surface area (Å²) in [7, 11) is 0. The van der Waals surface area contributed by atoms with Crippen molar-refractivity contribution in [1.29, 1.82) is 0 Å². The van der Waals surface area contributed by atoms with Gasteiger partial charge >= 0.3 is 0 Å². The molecule has 0 spiro atoms. The second kappa shape index (κ2) is 16.4. The van der Waals surface area contributed by atoms with Gasteiger partial charge in [-0.3, -0.25) is 14.4 Å². The number of carbonyl (C=O) groups is 3. The zero-order valence-corrected chi connectivity index (χ0v) is 22.2. The zero-order valence-electron chi connectivity index (χ0n) is 22.2. The Morgan fingerprint density at radius 2 is 1.65 bits per heavy atom. The van der Waals surface area contributed by atoms with Gasteiger partial charge in [-0.1, -0.05) is 87.7 Å². The molecule has 0 aliphatic carbocycles. The molecule has 2 aromatic rings. The van der Waals surface area contributed by atoms with Crippen molar-refractivity contribution in [2.45, 2.75) is 71.6 Å². The Balaban J connectivity index is 0.000000260. The molecule has 1 heterocycles. The lowest BCUT2D eigenvalue weighted by molar-refractivity contribution is -0.139. The van der Waals surface area contributed by atoms with Crippen molar-refractivity contribution < 1.29 is 14.4 Å². The third kappa shape index (κ3) is 10.3. The number of carbonyl (C=O) groups excluding carboxylic acids is 3. The summed E-state index contributed by atoms with van der Waals surface area (Å²) < 4.78 is 0. The lowest BCUT2D eigenvalue weighted by Crippen LogP contribution is -2.46. The zero-order chi connectivity index (χ0) is 27.0. The number of likely N-dealkylation sites (tertiary alicyclic amines) is 1. The van der Waals surface area contributed by atoms with Gasteiger partial charge in [0.15, 0.2) is 0 Å². The first-order valence-electron chi connectivity index (χ1n) is 13.5. The molecule has 37 heavy (non-hydrogen) atoms. The fraction of sp³-hybridized carbons (Fsp3) is 0.500. The van der Waals surface area contributed by atoms with Crippen LogP contribution >= 0.6 is 0 Å². The maximum atomic E-state index is 12.5. The first-order chi connectivity index (χ1) is 17.9. The predicted octanol–water partition coefficient (Wildman–Crippen LogP) is 5.90. The van der Waals surface area contributed by atoms with Gasteiger partial charge < -0.3 is 10.6 Å². The second-order valence-corrected chi connectivity index (χ2v) is 9.70. The van der Waals surface area contributed by atoms with Gasteiger partial charge in [0.1, 0.15) is 0 Å². The van der Waals surface area contributed by atoms with Crippen molar-refractivity contribution in [2.75, 3.05) is 13.1 Å². The largest absolute Gasteiger partial charge is 0.369 e. The third-order valence-corrected chi connectivity index (χ3v) is 6.82. The van der Waals surface area contributed by atoms with Crippen molar-refractivity contribution >= 4 is 17.7 Å². The number of nitroso groups, excluding NO2 is 1. The van der Waals surface area contributed by atoms with Crippen LogP contribution in [0.1, 0.15) is 70.8 Å². The van der Waals surface area contributed by atoms with E-state index >= 15 is 0 Å². The summed E-state index contributed by atoms with van der Waals surface area (Å²) in [6.07, 6.45) is 7.64. The highest BCUT2D eigenvalue weighted by atomic mass is 16.3. The first kappa shape index (κ1) is 29.9. The van der Waals surface area contributed by atoms with Gasteiger partial charge in [-0.05, 0) is 48.8 Å². The number of hydrogen-bond donors (Lipinski definition) is 1. The van der Waals surface area contributed by atoms with Crippen molar-refractivity contribution in [3.63, 3.8) is 0 Å². The van der Waals surface area contributed by atoms with Crippen LogP contribution in [0, 0.1) is 16.7 Å². The molecule has 2 N–H and O–H groups in total. The summed E-state index contributed by atoms with van der Waals surface area (Å²) in [5, 5.41) is 2.38. The van der Waals surface area contributed by atoms with E-state index in [1.165, 1.54) is 0 Å². The number of nitrogens with zero attached hydrogens (tertiary/aromatic N) is 2. The Bertz CT molecular complexity index is 992. The molecule has 0 aromatic heterocycles. The third-order valence-electron chi connectivity index (χ3n) is 6.82. The van der Waals surface area contributed by atoms with E-state index in [-0.39, 0.29) is 30.1 Å². The molecule has 2 unspecified atom stereocenters. The molecule has 3 rings (SSSR count). The van der Waals surface area contributed by atoms with E-state index < -0.39 is 5.91 Å². The van der Waals surface area contributed by atoms with Crippen LogP contribution in [0.25, 0.3) is 11.1 Å². The highest BCUT2D eigenvalue weighted by Gasteiger charge is 2.30. The van der Waals surface area contributed by atoms with Gasteiger partial charge in [-0.2, -0.15) is 0 Å². The summed E-state index contributed by atoms with van der Waals surface area (Å²) in [5.41, 5.74) is 8.70. The van der Waals surface area contributed by atoms with Gasteiger partial charge in [-0.15, -0.1) is 4.91 Å². The standard InChI is InChI=1S/C15H28N2O2.C15H13NO2/c1-3-5-8-12(7-4-2)15(19)17-10-6-9-13(11-17)14(16)18;17-15(16-18)11-8-12-6-9-14(10-7-12)13-4-2-1-3-5-13/h12-13H,3-11H2,1-2H3,(H2,16,18);1-7,9-10H,8,11H2. The van der Waals surface area contributed by atoms with E-state index in [0.29, 0.717) is 13.0 Å². The highest BCUT2D eigenvalue weighted by molar-refractivity contribution is 5.81. The molecule has 1 aliphatic heterocycles. The average Bonchev–Trinajstić information content (AvgIpc) is 2.94. The van der Waals surface area contributed by atoms with Crippen LogP contribution in [0.3, 0.4) is 0 Å². The lowest BCUT2D eigenvalue weighted by atomic mass is 9.92. The van der Waals surface area contributed by atoms with Crippen LogP contribution < -0.4 is 5.73 Å². The van der Waals surface area contributed by atoms with Gasteiger partial charge in [0, 0.05) is 30.6 Å². The Labute approximate surface area is 220 Å². The Morgan fingerprint density at radius 3 is 2.24 bits per heavy atom. The predicted molar refractivity (Wildman–Crippen MR) is 147 cm³/mol. The first-order valence-corrected chi connectivity index (χ1v) is 13.5. The number of benzene rings is 2. The van der Waals surface area contributed by atoms with Gasteiger partial charge in [0.2, 0.25) is 11.8 Å². The number of unbranched alkanes of at least 4 members (excludes halogenated alkanes) is 1. The van der Waals surface area contributed by atoms with Crippen LogP contribution in [-0.2, 0) is 20.8 Å². The Morgan fingerprint density at radius 1 is 0.973 bits per heavy atom. The fourth-order valence-corrected chi connectivity index (χ4v) is 4.65. The van der Waals surface area contributed by atoms with E-state index in [1.54, 1.807) is 0 Å². The van der Waals surface area contributed by atoms with Crippen molar-refractivity contribution in [2.24, 2.45) is 22.7 Å². The van der Waals surface area contributed by atoms with Crippen molar-refractivity contribution in [3.8, 4) is 11.1 Å². The molecule has 2 atom stereocenters. The molecule has 200 valence electrons. The van der Waals surface area contributed by atoms with Crippen molar-refractivity contribution in [1.82, 2.24) is 4.90 Å². The summed E-state index contributed by atoms with van der Waals surface area (Å²) in [4.78, 5) is 46.4. The van der Waals surface area contributed by atoms with Crippen LogP contribution in [-0.4, -0.2) is 35.7 Å². The molecule has 0 radical (unpaired) electrons. The average molecular weight is 508 g/mol. The quantitative estimate of drug-likeness (QED) is 0.382. The minimum absolute atomic E-state index is 0.136. The van der Waals surface area contributed by atoms with E-state index in [9.17, 15) is 19.3 Å². The molecular formula is C30H41N3O4. The molecule has 0 saturated carbocycles. The molecule has 7 heteroatoms. The number of piperidine rings is 1. The smallest absolute Gasteiger partial charge is 0.286 e. The van der Waals surface area contributed by atoms with E-state index in [0.717, 1.165) is 68.2 Å². The number of primary amides is 1. The molecule has 7 nitrogen and oxygen atoms in total.